The number of aliphatic hydroxyl groups is 1. The number of rotatable bonds is 8. The third-order valence-electron chi connectivity index (χ3n) is 3.68. The van der Waals surface area contributed by atoms with E-state index in [2.05, 4.69) is 17.1 Å². The fraction of sp³-hybridized carbons (Fsp3) is 1.00. The Balaban J connectivity index is 2.31. The van der Waals surface area contributed by atoms with Gasteiger partial charge in [0.05, 0.1) is 13.2 Å². The summed E-state index contributed by atoms with van der Waals surface area (Å²) in [6, 6.07) is 1.34. The Morgan fingerprint density at radius 1 is 1.24 bits per heavy atom. The number of hydrogen-bond donors (Lipinski definition) is 2. The van der Waals surface area contributed by atoms with Crippen molar-refractivity contribution in [2.24, 2.45) is 0 Å². The smallest absolute Gasteiger partial charge is 0.0589 e. The molecule has 0 spiro atoms. The molecule has 0 saturated heterocycles. The molecule has 1 aliphatic rings. The summed E-state index contributed by atoms with van der Waals surface area (Å²) in [6.45, 7) is 5.96. The van der Waals surface area contributed by atoms with E-state index in [-0.39, 0.29) is 6.61 Å². The van der Waals surface area contributed by atoms with Gasteiger partial charge in [-0.1, -0.05) is 6.92 Å². The average molecular weight is 244 g/mol. The highest BCUT2D eigenvalue weighted by atomic mass is 16.5. The first-order valence-electron chi connectivity index (χ1n) is 6.89. The monoisotopic (exact) mass is 244 g/mol. The van der Waals surface area contributed by atoms with Gasteiger partial charge in [-0.15, -0.1) is 0 Å². The molecule has 1 rings (SSSR count). The van der Waals surface area contributed by atoms with Crippen molar-refractivity contribution < 1.29 is 9.84 Å². The summed E-state index contributed by atoms with van der Waals surface area (Å²) in [5.74, 6) is 0. The van der Waals surface area contributed by atoms with Crippen molar-refractivity contribution in [2.45, 2.75) is 44.7 Å². The molecule has 2 N–H and O–H groups in total. The highest BCUT2D eigenvalue weighted by Crippen LogP contribution is 2.22. The Kier molecular flexibility index (Phi) is 7.77. The molecule has 1 fully saturated rings. The van der Waals surface area contributed by atoms with Crippen molar-refractivity contribution in [1.29, 1.82) is 0 Å². The molecule has 4 nitrogen and oxygen atoms in total. The number of aliphatic hydroxyl groups excluding tert-OH is 1. The van der Waals surface area contributed by atoms with Gasteiger partial charge < -0.3 is 15.2 Å². The SMILES string of the molecule is CCNC1CCC(N(CCO)CCOC)CC1. The highest BCUT2D eigenvalue weighted by molar-refractivity contribution is 4.82. The van der Waals surface area contributed by atoms with Crippen LogP contribution in [0.1, 0.15) is 32.6 Å². The Bertz CT molecular complexity index is 182. The molecule has 0 heterocycles. The Morgan fingerprint density at radius 3 is 2.47 bits per heavy atom. The van der Waals surface area contributed by atoms with Crippen LogP contribution in [-0.2, 0) is 4.74 Å². The van der Waals surface area contributed by atoms with Gasteiger partial charge in [-0.25, -0.2) is 0 Å². The Morgan fingerprint density at radius 2 is 1.94 bits per heavy atom. The molecule has 4 heteroatoms. The first-order chi connectivity index (χ1) is 8.31. The van der Waals surface area contributed by atoms with Gasteiger partial charge in [0, 0.05) is 32.3 Å². The van der Waals surface area contributed by atoms with Gasteiger partial charge in [0.1, 0.15) is 0 Å². The quantitative estimate of drug-likeness (QED) is 0.664. The van der Waals surface area contributed by atoms with Crippen LogP contribution in [0.4, 0.5) is 0 Å². The zero-order valence-electron chi connectivity index (χ0n) is 11.3. The molecule has 17 heavy (non-hydrogen) atoms. The summed E-state index contributed by atoms with van der Waals surface area (Å²) in [4.78, 5) is 2.38. The van der Waals surface area contributed by atoms with Crippen LogP contribution in [0.2, 0.25) is 0 Å². The maximum atomic E-state index is 9.11. The molecule has 0 aromatic carbocycles. The molecule has 0 unspecified atom stereocenters. The summed E-state index contributed by atoms with van der Waals surface area (Å²) in [5, 5.41) is 12.6. The second-order valence-electron chi connectivity index (χ2n) is 4.82. The van der Waals surface area contributed by atoms with Crippen molar-refractivity contribution in [2.75, 3.05) is 40.0 Å². The van der Waals surface area contributed by atoms with E-state index in [9.17, 15) is 0 Å². The molecule has 1 saturated carbocycles. The molecule has 0 aliphatic heterocycles. The fourth-order valence-corrected chi connectivity index (χ4v) is 2.75. The summed E-state index contributed by atoms with van der Waals surface area (Å²) < 4.78 is 5.13. The van der Waals surface area contributed by atoms with E-state index < -0.39 is 0 Å². The minimum atomic E-state index is 0.247. The van der Waals surface area contributed by atoms with Crippen LogP contribution in [0.3, 0.4) is 0 Å². The van der Waals surface area contributed by atoms with Gasteiger partial charge in [-0.2, -0.15) is 0 Å². The Hall–Kier alpha value is -0.160. The van der Waals surface area contributed by atoms with Crippen molar-refractivity contribution >= 4 is 0 Å². The standard InChI is InChI=1S/C13H28N2O2/c1-3-14-12-4-6-13(7-5-12)15(8-10-16)9-11-17-2/h12-14,16H,3-11H2,1-2H3. The van der Waals surface area contributed by atoms with Gasteiger partial charge in [0.15, 0.2) is 0 Å². The normalized spacial score (nSPS) is 25.4. The summed E-state index contributed by atoms with van der Waals surface area (Å²) in [7, 11) is 1.74. The molecular formula is C13H28N2O2. The molecule has 1 aliphatic carbocycles. The summed E-state index contributed by atoms with van der Waals surface area (Å²) in [5.41, 5.74) is 0. The summed E-state index contributed by atoms with van der Waals surface area (Å²) in [6.07, 6.45) is 4.99. The lowest BCUT2D eigenvalue weighted by molar-refractivity contribution is 0.0809. The van der Waals surface area contributed by atoms with Crippen molar-refractivity contribution in [1.82, 2.24) is 10.2 Å². The minimum absolute atomic E-state index is 0.247. The topological polar surface area (TPSA) is 44.7 Å². The number of methoxy groups -OCH3 is 1. The first kappa shape index (κ1) is 14.9. The minimum Gasteiger partial charge on any atom is -0.395 e. The molecule has 0 atom stereocenters. The zero-order valence-corrected chi connectivity index (χ0v) is 11.3. The van der Waals surface area contributed by atoms with Crippen LogP contribution < -0.4 is 5.32 Å². The lowest BCUT2D eigenvalue weighted by Crippen LogP contribution is -2.44. The van der Waals surface area contributed by atoms with Crippen LogP contribution in [0.25, 0.3) is 0 Å². The van der Waals surface area contributed by atoms with E-state index in [0.717, 1.165) is 26.2 Å². The average Bonchev–Trinajstić information content (AvgIpc) is 2.36. The highest BCUT2D eigenvalue weighted by Gasteiger charge is 2.24. The van der Waals surface area contributed by atoms with E-state index in [0.29, 0.717) is 12.1 Å². The molecular weight excluding hydrogens is 216 g/mol. The Labute approximate surface area is 105 Å². The molecule has 102 valence electrons. The predicted molar refractivity (Wildman–Crippen MR) is 70.3 cm³/mol. The second-order valence-corrected chi connectivity index (χ2v) is 4.82. The number of hydrogen-bond acceptors (Lipinski definition) is 4. The van der Waals surface area contributed by atoms with Gasteiger partial charge in [0.2, 0.25) is 0 Å². The predicted octanol–water partition coefficient (Wildman–Crippen LogP) is 0.848. The van der Waals surface area contributed by atoms with Crippen LogP contribution >= 0.6 is 0 Å². The molecule has 0 amide bonds. The fourth-order valence-electron chi connectivity index (χ4n) is 2.75. The van der Waals surface area contributed by atoms with Crippen LogP contribution in [0.15, 0.2) is 0 Å². The van der Waals surface area contributed by atoms with Gasteiger partial charge in [0.25, 0.3) is 0 Å². The first-order valence-corrected chi connectivity index (χ1v) is 6.89. The lowest BCUT2D eigenvalue weighted by atomic mass is 9.90. The van der Waals surface area contributed by atoms with E-state index in [1.807, 2.05) is 0 Å². The molecule has 0 radical (unpaired) electrons. The van der Waals surface area contributed by atoms with Crippen LogP contribution in [0.5, 0.6) is 0 Å². The zero-order chi connectivity index (χ0) is 12.5. The number of nitrogens with one attached hydrogen (secondary N) is 1. The van der Waals surface area contributed by atoms with Crippen molar-refractivity contribution in [3.05, 3.63) is 0 Å². The van der Waals surface area contributed by atoms with E-state index in [1.165, 1.54) is 25.7 Å². The van der Waals surface area contributed by atoms with Gasteiger partial charge in [-0.05, 0) is 32.2 Å². The van der Waals surface area contributed by atoms with E-state index >= 15 is 0 Å². The maximum absolute atomic E-state index is 9.11. The third-order valence-corrected chi connectivity index (χ3v) is 3.68. The van der Waals surface area contributed by atoms with Gasteiger partial charge in [-0.3, -0.25) is 4.90 Å². The van der Waals surface area contributed by atoms with Crippen LogP contribution in [-0.4, -0.2) is 62.0 Å². The lowest BCUT2D eigenvalue weighted by Gasteiger charge is -2.36. The largest absolute Gasteiger partial charge is 0.395 e. The molecule has 0 aromatic rings. The van der Waals surface area contributed by atoms with Crippen LogP contribution in [0, 0.1) is 0 Å². The van der Waals surface area contributed by atoms with Crippen molar-refractivity contribution in [3.63, 3.8) is 0 Å². The third kappa shape index (κ3) is 5.34. The summed E-state index contributed by atoms with van der Waals surface area (Å²) >= 11 is 0. The molecule has 0 bridgehead atoms. The van der Waals surface area contributed by atoms with Gasteiger partial charge >= 0.3 is 0 Å². The molecule has 0 aromatic heterocycles. The number of nitrogens with zero attached hydrogens (tertiary/aromatic N) is 1. The second kappa shape index (κ2) is 8.86. The van der Waals surface area contributed by atoms with E-state index in [4.69, 9.17) is 9.84 Å². The van der Waals surface area contributed by atoms with E-state index in [1.54, 1.807) is 7.11 Å². The maximum Gasteiger partial charge on any atom is 0.0589 e. The number of ether oxygens (including phenoxy) is 1. The van der Waals surface area contributed by atoms with Crippen molar-refractivity contribution in [3.8, 4) is 0 Å².